The molecule has 0 saturated heterocycles. The van der Waals surface area contributed by atoms with Gasteiger partial charge in [0.1, 0.15) is 17.5 Å². The normalized spacial score (nSPS) is 10.6. The van der Waals surface area contributed by atoms with E-state index in [4.69, 9.17) is 21.6 Å². The van der Waals surface area contributed by atoms with Gasteiger partial charge < -0.3 is 4.74 Å². The van der Waals surface area contributed by atoms with Crippen molar-refractivity contribution in [1.29, 1.82) is 5.26 Å². The molecule has 0 aliphatic heterocycles. The van der Waals surface area contributed by atoms with Gasteiger partial charge >= 0.3 is 0 Å². The SMILES string of the molecule is COc1cccc(C#N)c1NS(=O)(=O)CCCl. The molecule has 0 aliphatic rings. The van der Waals surface area contributed by atoms with Crippen molar-refractivity contribution in [2.24, 2.45) is 0 Å². The molecule has 0 aliphatic carbocycles. The van der Waals surface area contributed by atoms with E-state index in [0.717, 1.165) is 0 Å². The van der Waals surface area contributed by atoms with Gasteiger partial charge in [0.25, 0.3) is 0 Å². The number of halogens is 1. The lowest BCUT2D eigenvalue weighted by atomic mass is 10.2. The van der Waals surface area contributed by atoms with Crippen molar-refractivity contribution in [2.45, 2.75) is 0 Å². The number of nitrogens with zero attached hydrogens (tertiary/aromatic N) is 1. The molecule has 1 aromatic rings. The minimum absolute atomic E-state index is 0.0215. The average molecular weight is 275 g/mol. The number of anilines is 1. The summed E-state index contributed by atoms with van der Waals surface area (Å²) in [5.41, 5.74) is 0.338. The Morgan fingerprint density at radius 2 is 2.24 bits per heavy atom. The molecule has 5 nitrogen and oxygen atoms in total. The molecule has 0 spiro atoms. The summed E-state index contributed by atoms with van der Waals surface area (Å²) in [6.07, 6.45) is 0. The number of rotatable bonds is 5. The van der Waals surface area contributed by atoms with Gasteiger partial charge in [0.05, 0.1) is 18.4 Å². The van der Waals surface area contributed by atoms with E-state index < -0.39 is 10.0 Å². The molecule has 7 heteroatoms. The highest BCUT2D eigenvalue weighted by atomic mass is 35.5. The topological polar surface area (TPSA) is 79.2 Å². The second kappa shape index (κ2) is 5.75. The zero-order valence-electron chi connectivity index (χ0n) is 9.10. The van der Waals surface area contributed by atoms with Crippen molar-refractivity contribution in [2.75, 3.05) is 23.5 Å². The zero-order chi connectivity index (χ0) is 12.9. The van der Waals surface area contributed by atoms with Crippen LogP contribution >= 0.6 is 11.6 Å². The fraction of sp³-hybridized carbons (Fsp3) is 0.300. The first kappa shape index (κ1) is 13.6. The number of nitriles is 1. The predicted molar refractivity (Wildman–Crippen MR) is 65.8 cm³/mol. The molecule has 0 atom stereocenters. The van der Waals surface area contributed by atoms with E-state index in [2.05, 4.69) is 4.72 Å². The standard InChI is InChI=1S/C10H11ClN2O3S/c1-16-9-4-2-3-8(7-12)10(9)13-17(14,15)6-5-11/h2-4,13H,5-6H2,1H3. The molecular formula is C10H11ClN2O3S. The minimum atomic E-state index is -3.56. The van der Waals surface area contributed by atoms with Crippen LogP contribution in [0.2, 0.25) is 0 Å². The Bertz CT molecular complexity index is 537. The van der Waals surface area contributed by atoms with E-state index >= 15 is 0 Å². The Labute approximate surface area is 105 Å². The smallest absolute Gasteiger partial charge is 0.234 e. The van der Waals surface area contributed by atoms with Crippen molar-refractivity contribution in [1.82, 2.24) is 0 Å². The van der Waals surface area contributed by atoms with Crippen LogP contribution in [-0.2, 0) is 10.0 Å². The minimum Gasteiger partial charge on any atom is -0.495 e. The van der Waals surface area contributed by atoms with Crippen LogP contribution in [0.5, 0.6) is 5.75 Å². The third kappa shape index (κ3) is 3.51. The van der Waals surface area contributed by atoms with E-state index in [0.29, 0.717) is 5.75 Å². The molecule has 0 amide bonds. The average Bonchev–Trinajstić information content (AvgIpc) is 2.28. The van der Waals surface area contributed by atoms with E-state index in [-0.39, 0.29) is 22.9 Å². The third-order valence-corrected chi connectivity index (χ3v) is 3.64. The van der Waals surface area contributed by atoms with Crippen LogP contribution in [0.3, 0.4) is 0 Å². The molecule has 0 heterocycles. The number of sulfonamides is 1. The lowest BCUT2D eigenvalue weighted by Gasteiger charge is -2.12. The predicted octanol–water partition coefficient (Wildman–Crippen LogP) is 1.55. The van der Waals surface area contributed by atoms with Gasteiger partial charge in [0, 0.05) is 5.88 Å². The number of benzene rings is 1. The van der Waals surface area contributed by atoms with Crippen LogP contribution < -0.4 is 9.46 Å². The Kier molecular flexibility index (Phi) is 4.61. The van der Waals surface area contributed by atoms with Crippen molar-refractivity contribution in [3.05, 3.63) is 23.8 Å². The number of nitrogens with one attached hydrogen (secondary N) is 1. The Balaban J connectivity index is 3.17. The van der Waals surface area contributed by atoms with Crippen molar-refractivity contribution in [3.63, 3.8) is 0 Å². The van der Waals surface area contributed by atoms with Gasteiger partial charge in [-0.05, 0) is 12.1 Å². The second-order valence-electron chi connectivity index (χ2n) is 3.10. The quantitative estimate of drug-likeness (QED) is 0.826. The first-order valence-electron chi connectivity index (χ1n) is 4.67. The summed E-state index contributed by atoms with van der Waals surface area (Å²) in [6.45, 7) is 0. The van der Waals surface area contributed by atoms with Crippen LogP contribution in [0.1, 0.15) is 5.56 Å². The molecule has 0 aromatic heterocycles. The highest BCUT2D eigenvalue weighted by Crippen LogP contribution is 2.28. The Morgan fingerprint density at radius 3 is 2.76 bits per heavy atom. The summed E-state index contributed by atoms with van der Waals surface area (Å²) in [5.74, 6) is 0.0475. The molecular weight excluding hydrogens is 264 g/mol. The van der Waals surface area contributed by atoms with Gasteiger partial charge in [0.15, 0.2) is 0 Å². The highest BCUT2D eigenvalue weighted by Gasteiger charge is 2.16. The van der Waals surface area contributed by atoms with Crippen molar-refractivity contribution >= 4 is 27.3 Å². The first-order chi connectivity index (χ1) is 8.04. The van der Waals surface area contributed by atoms with E-state index in [1.807, 2.05) is 6.07 Å². The molecule has 0 fully saturated rings. The van der Waals surface area contributed by atoms with Crippen LogP contribution in [0.15, 0.2) is 18.2 Å². The lowest BCUT2D eigenvalue weighted by Crippen LogP contribution is -2.18. The number of hydrogen-bond donors (Lipinski definition) is 1. The summed E-state index contributed by atoms with van der Waals surface area (Å²) >= 11 is 5.38. The van der Waals surface area contributed by atoms with Gasteiger partial charge in [-0.2, -0.15) is 5.26 Å². The number of para-hydroxylation sites is 1. The summed E-state index contributed by atoms with van der Waals surface area (Å²) < 4.78 is 30.5. The fourth-order valence-electron chi connectivity index (χ4n) is 1.21. The third-order valence-electron chi connectivity index (χ3n) is 1.97. The van der Waals surface area contributed by atoms with Gasteiger partial charge in [-0.1, -0.05) is 6.07 Å². The Morgan fingerprint density at radius 1 is 1.53 bits per heavy atom. The second-order valence-corrected chi connectivity index (χ2v) is 5.32. The number of hydrogen-bond acceptors (Lipinski definition) is 4. The van der Waals surface area contributed by atoms with Gasteiger partial charge in [-0.3, -0.25) is 4.72 Å². The fourth-order valence-corrected chi connectivity index (χ4v) is 2.64. The molecule has 1 aromatic carbocycles. The molecule has 92 valence electrons. The molecule has 0 unspecified atom stereocenters. The van der Waals surface area contributed by atoms with Crippen LogP contribution in [0.25, 0.3) is 0 Å². The molecule has 1 N–H and O–H groups in total. The summed E-state index contributed by atoms with van der Waals surface area (Å²) in [4.78, 5) is 0. The van der Waals surface area contributed by atoms with Crippen molar-refractivity contribution < 1.29 is 13.2 Å². The summed E-state index contributed by atoms with van der Waals surface area (Å²) in [6, 6.07) is 6.57. The van der Waals surface area contributed by atoms with Crippen LogP contribution in [0.4, 0.5) is 5.69 Å². The maximum atomic E-state index is 11.6. The number of methoxy groups -OCH3 is 1. The largest absolute Gasteiger partial charge is 0.495 e. The number of ether oxygens (including phenoxy) is 1. The summed E-state index contributed by atoms with van der Waals surface area (Å²) in [7, 11) is -2.16. The molecule has 0 saturated carbocycles. The van der Waals surface area contributed by atoms with Crippen molar-refractivity contribution in [3.8, 4) is 11.8 Å². The molecule has 17 heavy (non-hydrogen) atoms. The van der Waals surface area contributed by atoms with Gasteiger partial charge in [-0.15, -0.1) is 11.6 Å². The zero-order valence-corrected chi connectivity index (χ0v) is 10.7. The van der Waals surface area contributed by atoms with Crippen LogP contribution in [-0.4, -0.2) is 27.2 Å². The lowest BCUT2D eigenvalue weighted by molar-refractivity contribution is 0.417. The molecule has 1 rings (SSSR count). The maximum absolute atomic E-state index is 11.6. The monoisotopic (exact) mass is 274 g/mol. The Hall–Kier alpha value is -1.45. The van der Waals surface area contributed by atoms with Gasteiger partial charge in [0.2, 0.25) is 10.0 Å². The molecule has 0 bridgehead atoms. The van der Waals surface area contributed by atoms with E-state index in [1.54, 1.807) is 12.1 Å². The molecule has 0 radical (unpaired) electrons. The summed E-state index contributed by atoms with van der Waals surface area (Å²) in [5, 5.41) is 8.90. The maximum Gasteiger partial charge on any atom is 0.234 e. The first-order valence-corrected chi connectivity index (χ1v) is 6.86. The van der Waals surface area contributed by atoms with E-state index in [9.17, 15) is 8.42 Å². The highest BCUT2D eigenvalue weighted by molar-refractivity contribution is 7.92. The van der Waals surface area contributed by atoms with E-state index in [1.165, 1.54) is 13.2 Å². The number of alkyl halides is 1. The van der Waals surface area contributed by atoms with Crippen LogP contribution in [0, 0.1) is 11.3 Å². The van der Waals surface area contributed by atoms with Gasteiger partial charge in [-0.25, -0.2) is 8.42 Å².